The van der Waals surface area contributed by atoms with Crippen LogP contribution in [0.2, 0.25) is 0 Å². The van der Waals surface area contributed by atoms with Crippen LogP contribution in [0.15, 0.2) is 46.9 Å². The largest absolute Gasteiger partial charge is 0.451 e. The molecule has 2 aliphatic carbocycles. The van der Waals surface area contributed by atoms with Gasteiger partial charge in [0.05, 0.1) is 12.2 Å². The highest BCUT2D eigenvalue weighted by atomic mass is 16.3. The standard InChI is InChI=1S/C21H21NO4/c23-19-12-7-13(15(8-12)20(19)24)10-22-21(25)18-9-16-14-4-2-1-3-11(14)5-6-17(16)26-18/h1-6,9,12-13,15,19-20,23-24H,7-8,10H2,(H,22,25)/t12-,13-,15-,19+,20-/m1/s1. The lowest BCUT2D eigenvalue weighted by molar-refractivity contribution is -0.0332. The summed E-state index contributed by atoms with van der Waals surface area (Å²) in [7, 11) is 0. The zero-order valence-electron chi connectivity index (χ0n) is 14.3. The highest BCUT2D eigenvalue weighted by Gasteiger charge is 2.51. The van der Waals surface area contributed by atoms with Crippen molar-refractivity contribution in [3.8, 4) is 0 Å². The lowest BCUT2D eigenvalue weighted by atomic mass is 9.85. The third-order valence-corrected chi connectivity index (χ3v) is 6.23. The Bertz CT molecular complexity index is 992. The molecular weight excluding hydrogens is 330 g/mol. The van der Waals surface area contributed by atoms with Crippen molar-refractivity contribution in [1.82, 2.24) is 5.32 Å². The average molecular weight is 351 g/mol. The molecule has 0 unspecified atom stereocenters. The monoisotopic (exact) mass is 351 g/mol. The van der Waals surface area contributed by atoms with Crippen molar-refractivity contribution < 1.29 is 19.4 Å². The number of amides is 1. The van der Waals surface area contributed by atoms with E-state index >= 15 is 0 Å². The fourth-order valence-corrected chi connectivity index (χ4v) is 4.88. The van der Waals surface area contributed by atoms with E-state index in [1.807, 2.05) is 36.4 Å². The van der Waals surface area contributed by atoms with E-state index in [9.17, 15) is 15.0 Å². The Labute approximate surface area is 150 Å². The van der Waals surface area contributed by atoms with E-state index in [0.29, 0.717) is 17.9 Å². The summed E-state index contributed by atoms with van der Waals surface area (Å²) in [6, 6.07) is 13.7. The molecule has 0 spiro atoms. The molecule has 1 heterocycles. The number of rotatable bonds is 3. The first kappa shape index (κ1) is 15.9. The van der Waals surface area contributed by atoms with Gasteiger partial charge in [-0.15, -0.1) is 0 Å². The number of furan rings is 1. The number of nitrogens with one attached hydrogen (secondary N) is 1. The molecule has 5 atom stereocenters. The van der Waals surface area contributed by atoms with Crippen LogP contribution >= 0.6 is 0 Å². The van der Waals surface area contributed by atoms with Gasteiger partial charge in [0.15, 0.2) is 5.76 Å². The Balaban J connectivity index is 1.34. The van der Waals surface area contributed by atoms with Gasteiger partial charge in [-0.25, -0.2) is 0 Å². The first-order valence-corrected chi connectivity index (χ1v) is 9.17. The zero-order chi connectivity index (χ0) is 17.8. The topological polar surface area (TPSA) is 82.7 Å². The summed E-state index contributed by atoms with van der Waals surface area (Å²) in [4.78, 5) is 12.5. The van der Waals surface area contributed by atoms with Crippen molar-refractivity contribution in [2.24, 2.45) is 17.8 Å². The van der Waals surface area contributed by atoms with E-state index in [1.165, 1.54) is 0 Å². The van der Waals surface area contributed by atoms with Crippen LogP contribution in [0.3, 0.4) is 0 Å². The fraction of sp³-hybridized carbons (Fsp3) is 0.381. The minimum absolute atomic E-state index is 0.0786. The third-order valence-electron chi connectivity index (χ3n) is 6.23. The molecule has 2 aromatic carbocycles. The molecule has 1 aromatic heterocycles. The normalized spacial score (nSPS) is 30.3. The highest BCUT2D eigenvalue weighted by molar-refractivity contribution is 6.08. The van der Waals surface area contributed by atoms with Gasteiger partial charge >= 0.3 is 0 Å². The van der Waals surface area contributed by atoms with Gasteiger partial charge in [0.1, 0.15) is 5.58 Å². The maximum Gasteiger partial charge on any atom is 0.287 e. The lowest BCUT2D eigenvalue weighted by Gasteiger charge is -2.29. The minimum Gasteiger partial charge on any atom is -0.451 e. The van der Waals surface area contributed by atoms with Crippen molar-refractivity contribution in [1.29, 1.82) is 0 Å². The van der Waals surface area contributed by atoms with Gasteiger partial charge in [-0.2, -0.15) is 0 Å². The summed E-state index contributed by atoms with van der Waals surface area (Å²) in [6.45, 7) is 0.502. The van der Waals surface area contributed by atoms with Gasteiger partial charge in [-0.3, -0.25) is 4.79 Å². The van der Waals surface area contributed by atoms with Gasteiger partial charge in [-0.05, 0) is 53.5 Å². The quantitative estimate of drug-likeness (QED) is 0.677. The van der Waals surface area contributed by atoms with E-state index < -0.39 is 12.2 Å². The molecule has 1 amide bonds. The van der Waals surface area contributed by atoms with Gasteiger partial charge in [-0.1, -0.05) is 30.3 Å². The highest BCUT2D eigenvalue weighted by Crippen LogP contribution is 2.48. The first-order valence-electron chi connectivity index (χ1n) is 9.17. The van der Waals surface area contributed by atoms with Crippen LogP contribution in [-0.2, 0) is 0 Å². The zero-order valence-corrected chi connectivity index (χ0v) is 14.3. The summed E-state index contributed by atoms with van der Waals surface area (Å²) >= 11 is 0. The Hall–Kier alpha value is -2.37. The Kier molecular flexibility index (Phi) is 3.55. The molecule has 0 saturated heterocycles. The summed E-state index contributed by atoms with van der Waals surface area (Å²) in [5.74, 6) is 0.528. The van der Waals surface area contributed by atoms with Crippen LogP contribution in [0.25, 0.3) is 21.7 Å². The smallest absolute Gasteiger partial charge is 0.287 e. The summed E-state index contributed by atoms with van der Waals surface area (Å²) in [6.07, 6.45) is 0.441. The molecular formula is C21H21NO4. The van der Waals surface area contributed by atoms with Crippen molar-refractivity contribution in [2.45, 2.75) is 25.0 Å². The summed E-state index contributed by atoms with van der Waals surface area (Å²) in [5.41, 5.74) is 0.701. The van der Waals surface area contributed by atoms with Crippen LogP contribution in [0.1, 0.15) is 23.4 Å². The number of hydrogen-bond acceptors (Lipinski definition) is 4. The molecule has 0 radical (unpaired) electrons. The predicted molar refractivity (Wildman–Crippen MR) is 97.8 cm³/mol. The number of aliphatic hydroxyl groups excluding tert-OH is 2. The summed E-state index contributed by atoms with van der Waals surface area (Å²) in [5, 5.41) is 26.0. The molecule has 5 heteroatoms. The second-order valence-corrected chi connectivity index (χ2v) is 7.66. The molecule has 2 bridgehead atoms. The number of benzene rings is 2. The maximum absolute atomic E-state index is 12.5. The van der Waals surface area contributed by atoms with Gasteiger partial charge in [0.25, 0.3) is 5.91 Å². The van der Waals surface area contributed by atoms with Crippen molar-refractivity contribution in [3.05, 3.63) is 48.2 Å². The van der Waals surface area contributed by atoms with Gasteiger partial charge in [0, 0.05) is 11.9 Å². The number of hydrogen-bond donors (Lipinski definition) is 3. The van der Waals surface area contributed by atoms with E-state index in [-0.39, 0.29) is 23.7 Å². The van der Waals surface area contributed by atoms with E-state index in [2.05, 4.69) is 5.32 Å². The Morgan fingerprint density at radius 1 is 1.08 bits per heavy atom. The molecule has 3 N–H and O–H groups in total. The molecule has 2 fully saturated rings. The molecule has 2 saturated carbocycles. The van der Waals surface area contributed by atoms with Gasteiger partial charge in [0.2, 0.25) is 0 Å². The van der Waals surface area contributed by atoms with E-state index in [1.54, 1.807) is 6.07 Å². The van der Waals surface area contributed by atoms with Crippen molar-refractivity contribution in [3.63, 3.8) is 0 Å². The second kappa shape index (κ2) is 5.83. The summed E-state index contributed by atoms with van der Waals surface area (Å²) < 4.78 is 5.75. The lowest BCUT2D eigenvalue weighted by Crippen LogP contribution is -2.41. The second-order valence-electron chi connectivity index (χ2n) is 7.66. The number of aliphatic hydroxyl groups is 2. The van der Waals surface area contributed by atoms with Crippen molar-refractivity contribution >= 4 is 27.6 Å². The van der Waals surface area contributed by atoms with E-state index in [4.69, 9.17) is 4.42 Å². The first-order chi connectivity index (χ1) is 12.6. The Morgan fingerprint density at radius 3 is 2.73 bits per heavy atom. The minimum atomic E-state index is -0.659. The average Bonchev–Trinajstić information content (AvgIpc) is 3.35. The molecule has 134 valence electrons. The third kappa shape index (κ3) is 2.35. The van der Waals surface area contributed by atoms with Crippen LogP contribution in [0.5, 0.6) is 0 Å². The fourth-order valence-electron chi connectivity index (χ4n) is 4.88. The molecule has 5 rings (SSSR count). The van der Waals surface area contributed by atoms with Crippen LogP contribution in [-0.4, -0.2) is 34.9 Å². The SMILES string of the molecule is O=C(NC[C@H]1C[C@@H]2C[C@H]1[C@@H](O)[C@H]2O)c1cc2c(ccc3ccccc32)o1. The Morgan fingerprint density at radius 2 is 1.92 bits per heavy atom. The van der Waals surface area contributed by atoms with Crippen LogP contribution < -0.4 is 5.32 Å². The maximum atomic E-state index is 12.5. The molecule has 0 aliphatic heterocycles. The van der Waals surface area contributed by atoms with E-state index in [0.717, 1.165) is 29.0 Å². The molecule has 5 nitrogen and oxygen atoms in total. The number of fused-ring (bicyclic) bond motifs is 5. The predicted octanol–water partition coefficient (Wildman–Crippen LogP) is 2.69. The van der Waals surface area contributed by atoms with Crippen LogP contribution in [0.4, 0.5) is 0 Å². The van der Waals surface area contributed by atoms with Crippen LogP contribution in [0, 0.1) is 17.8 Å². The molecule has 2 aliphatic rings. The molecule has 26 heavy (non-hydrogen) atoms. The van der Waals surface area contributed by atoms with Gasteiger partial charge < -0.3 is 19.9 Å². The number of carbonyl (C=O) groups is 1. The number of carbonyl (C=O) groups excluding carboxylic acids is 1. The van der Waals surface area contributed by atoms with Crippen molar-refractivity contribution in [2.75, 3.05) is 6.54 Å². The molecule has 3 aromatic rings.